The number of furan rings is 2. The van der Waals surface area contributed by atoms with E-state index in [4.69, 9.17) is 8.83 Å². The lowest BCUT2D eigenvalue weighted by Crippen LogP contribution is -2.37. The van der Waals surface area contributed by atoms with Crippen LogP contribution >= 0.6 is 0 Å². The van der Waals surface area contributed by atoms with Crippen LogP contribution in [-0.2, 0) is 5.41 Å². The molecule has 0 amide bonds. The average Bonchev–Trinajstić information content (AvgIpc) is 1.49. The predicted molar refractivity (Wildman–Crippen MR) is 377 cm³/mol. The van der Waals surface area contributed by atoms with Crippen molar-refractivity contribution in [3.63, 3.8) is 0 Å². The molecule has 0 saturated carbocycles. The standard InChI is InChI=1S/C81H61N3O2Si2/c1-87(2,3)52-44-40-50(41-45-52)82(70-36-20-30-62-57-25-12-17-38-74(57)85-79(62)70)72-48-66-76(59-27-9-7-22-54(59)72)77-60-28-10-8-23-55(60)73(83(51-42-46-53(47-43-51)88(4,5)6)71-37-21-31-63-58-26-13-18-39-75(58)86-80(63)71)49-67(77)81(66)64-32-14-16-35-69(64)84-68-34-15-11-24-56(68)61-29-19-33-65(81)78(61)84/h7-49H,1-6H3. The molecule has 2 aliphatic rings. The number of para-hydroxylation sites is 7. The van der Waals surface area contributed by atoms with Gasteiger partial charge >= 0.3 is 0 Å². The van der Waals surface area contributed by atoms with Crippen molar-refractivity contribution in [2.45, 2.75) is 44.7 Å². The summed E-state index contributed by atoms with van der Waals surface area (Å²) in [5.41, 5.74) is 19.9. The maximum atomic E-state index is 7.08. The van der Waals surface area contributed by atoms with Crippen LogP contribution in [0.2, 0.25) is 39.3 Å². The highest BCUT2D eigenvalue weighted by atomic mass is 28.3. The number of nitrogens with zero attached hydrogens (tertiary/aromatic N) is 3. The van der Waals surface area contributed by atoms with Gasteiger partial charge in [-0.25, -0.2) is 0 Å². The summed E-state index contributed by atoms with van der Waals surface area (Å²) in [7, 11) is -3.38. The third-order valence-corrected chi connectivity index (χ3v) is 23.6. The second-order valence-corrected chi connectivity index (χ2v) is 36.5. The molecule has 18 rings (SSSR count). The first kappa shape index (κ1) is 51.1. The molecule has 88 heavy (non-hydrogen) atoms. The summed E-state index contributed by atoms with van der Waals surface area (Å²) in [6, 6.07) is 98.1. The third kappa shape index (κ3) is 7.02. The van der Waals surface area contributed by atoms with Crippen molar-refractivity contribution < 1.29 is 8.83 Å². The van der Waals surface area contributed by atoms with E-state index in [0.29, 0.717) is 0 Å². The van der Waals surface area contributed by atoms with Gasteiger partial charge in [-0.05, 0) is 117 Å². The summed E-state index contributed by atoms with van der Waals surface area (Å²) in [4.78, 5) is 5.02. The van der Waals surface area contributed by atoms with Crippen LogP contribution in [0, 0.1) is 0 Å². The molecule has 1 spiro atoms. The summed E-state index contributed by atoms with van der Waals surface area (Å²) in [5.74, 6) is 0. The van der Waals surface area contributed by atoms with Crippen molar-refractivity contribution in [2.75, 3.05) is 9.80 Å². The molecule has 7 heteroatoms. The lowest BCUT2D eigenvalue weighted by molar-refractivity contribution is 0.669. The fourth-order valence-electron chi connectivity index (χ4n) is 15.5. The number of rotatable bonds is 8. The van der Waals surface area contributed by atoms with E-state index < -0.39 is 21.6 Å². The monoisotopic (exact) mass is 1160 g/mol. The van der Waals surface area contributed by atoms with Gasteiger partial charge in [-0.15, -0.1) is 0 Å². The van der Waals surface area contributed by atoms with Crippen LogP contribution in [0.3, 0.4) is 0 Å². The lowest BCUT2D eigenvalue weighted by Gasteiger charge is -2.40. The van der Waals surface area contributed by atoms with Crippen LogP contribution in [0.4, 0.5) is 34.1 Å². The molecule has 420 valence electrons. The van der Waals surface area contributed by atoms with Gasteiger partial charge in [-0.2, -0.15) is 0 Å². The van der Waals surface area contributed by atoms with Crippen LogP contribution in [-0.4, -0.2) is 20.7 Å². The number of aromatic nitrogens is 1. The highest BCUT2D eigenvalue weighted by molar-refractivity contribution is 6.89. The fraction of sp³-hybridized carbons (Fsp3) is 0.0864. The Hall–Kier alpha value is -10.2. The minimum atomic E-state index is -1.69. The zero-order valence-corrected chi connectivity index (χ0v) is 52.0. The first-order valence-corrected chi connectivity index (χ1v) is 37.8. The molecule has 3 aromatic heterocycles. The van der Waals surface area contributed by atoms with Crippen molar-refractivity contribution >= 4 is 148 Å². The summed E-state index contributed by atoms with van der Waals surface area (Å²) in [6.45, 7) is 14.6. The van der Waals surface area contributed by atoms with E-state index in [1.807, 2.05) is 0 Å². The molecule has 1 aliphatic carbocycles. The van der Waals surface area contributed by atoms with E-state index in [2.05, 4.69) is 315 Å². The van der Waals surface area contributed by atoms with E-state index in [-0.39, 0.29) is 0 Å². The average molecular weight is 1160 g/mol. The van der Waals surface area contributed by atoms with Gasteiger partial charge in [0.25, 0.3) is 0 Å². The summed E-state index contributed by atoms with van der Waals surface area (Å²) in [5, 5.41) is 14.3. The SMILES string of the molecule is C[Si](C)(C)c1ccc(N(c2cc3c(c4ccccc24)-c2c(cc(N(c4ccc([Si](C)(C)C)cc4)c4cccc5c4oc4ccccc45)c4ccccc24)C32c3ccccc3-n3c4ccccc4c4cccc2c43)c2cccc3c2oc2ccccc23)cc1. The molecule has 0 saturated heterocycles. The van der Waals surface area contributed by atoms with E-state index in [0.717, 1.165) is 88.8 Å². The highest BCUT2D eigenvalue weighted by Crippen LogP contribution is 2.66. The molecule has 1 aliphatic heterocycles. The number of hydrogen-bond donors (Lipinski definition) is 0. The largest absolute Gasteiger partial charge is 0.454 e. The Balaban J connectivity index is 1.02. The van der Waals surface area contributed by atoms with Crippen LogP contribution in [0.5, 0.6) is 0 Å². The molecule has 0 radical (unpaired) electrons. The van der Waals surface area contributed by atoms with Gasteiger partial charge in [-0.3, -0.25) is 0 Å². The maximum Gasteiger partial charge on any atom is 0.159 e. The fourth-order valence-corrected chi connectivity index (χ4v) is 17.8. The van der Waals surface area contributed by atoms with E-state index in [1.54, 1.807) is 0 Å². The summed E-state index contributed by atoms with van der Waals surface area (Å²) < 4.78 is 16.7. The Bertz CT molecular complexity index is 5350. The zero-order valence-electron chi connectivity index (χ0n) is 50.0. The van der Waals surface area contributed by atoms with E-state index in [1.165, 1.54) is 82.0 Å². The van der Waals surface area contributed by atoms with E-state index in [9.17, 15) is 0 Å². The molecule has 16 aromatic rings. The van der Waals surface area contributed by atoms with Gasteiger partial charge in [0.2, 0.25) is 0 Å². The third-order valence-electron chi connectivity index (χ3n) is 19.5. The maximum absolute atomic E-state index is 7.08. The first-order valence-electron chi connectivity index (χ1n) is 30.8. The summed E-state index contributed by atoms with van der Waals surface area (Å²) in [6.07, 6.45) is 0. The van der Waals surface area contributed by atoms with Crippen molar-refractivity contribution in [1.82, 2.24) is 4.57 Å². The smallest absolute Gasteiger partial charge is 0.159 e. The van der Waals surface area contributed by atoms with Gasteiger partial charge in [0.1, 0.15) is 11.2 Å². The Labute approximate surface area is 512 Å². The molecular weight excluding hydrogens is 1100 g/mol. The number of hydrogen-bond acceptors (Lipinski definition) is 4. The number of anilines is 6. The van der Waals surface area contributed by atoms with Gasteiger partial charge in [0.15, 0.2) is 11.2 Å². The van der Waals surface area contributed by atoms with Crippen molar-refractivity contribution in [3.8, 4) is 16.8 Å². The topological polar surface area (TPSA) is 37.7 Å². The van der Waals surface area contributed by atoms with Gasteiger partial charge in [0.05, 0.1) is 61.0 Å². The Morgan fingerprint density at radius 2 is 0.716 bits per heavy atom. The van der Waals surface area contributed by atoms with Crippen LogP contribution in [0.15, 0.2) is 270 Å². The van der Waals surface area contributed by atoms with Crippen LogP contribution in [0.25, 0.3) is 104 Å². The normalized spacial score (nSPS) is 13.4. The Morgan fingerprint density at radius 1 is 0.318 bits per heavy atom. The van der Waals surface area contributed by atoms with Gasteiger partial charge < -0.3 is 23.2 Å². The van der Waals surface area contributed by atoms with Crippen molar-refractivity contribution in [2.24, 2.45) is 0 Å². The minimum Gasteiger partial charge on any atom is -0.454 e. The molecule has 0 atom stereocenters. The van der Waals surface area contributed by atoms with Gasteiger partial charge in [-0.1, -0.05) is 238 Å². The number of benzene rings is 13. The molecule has 0 unspecified atom stereocenters. The molecule has 0 fully saturated rings. The van der Waals surface area contributed by atoms with E-state index >= 15 is 0 Å². The summed E-state index contributed by atoms with van der Waals surface area (Å²) >= 11 is 0. The zero-order chi connectivity index (χ0) is 58.9. The Morgan fingerprint density at radius 3 is 1.23 bits per heavy atom. The molecular formula is C81H61N3O2Si2. The Kier molecular flexibility index (Phi) is 10.7. The predicted octanol–water partition coefficient (Wildman–Crippen LogP) is 21.6. The highest BCUT2D eigenvalue weighted by Gasteiger charge is 2.53. The quantitative estimate of drug-likeness (QED) is 0.142. The van der Waals surface area contributed by atoms with Crippen LogP contribution < -0.4 is 20.2 Å². The molecule has 13 aromatic carbocycles. The van der Waals surface area contributed by atoms with Crippen molar-refractivity contribution in [3.05, 3.63) is 283 Å². The molecule has 5 nitrogen and oxygen atoms in total. The second kappa shape index (κ2) is 18.4. The lowest BCUT2D eigenvalue weighted by atomic mass is 9.65. The van der Waals surface area contributed by atoms with Crippen molar-refractivity contribution in [1.29, 1.82) is 0 Å². The van der Waals surface area contributed by atoms with Crippen LogP contribution in [0.1, 0.15) is 22.3 Å². The minimum absolute atomic E-state index is 0.853. The second-order valence-electron chi connectivity index (χ2n) is 26.3. The first-order chi connectivity index (χ1) is 42.9. The molecule has 0 N–H and O–H groups in total. The molecule has 4 heterocycles. The molecule has 0 bridgehead atoms. The van der Waals surface area contributed by atoms with Gasteiger partial charge in [0, 0.05) is 54.5 Å². The number of fused-ring (bicyclic) bond motifs is 22.